The highest BCUT2D eigenvalue weighted by molar-refractivity contribution is 5.78. The Morgan fingerprint density at radius 1 is 1.10 bits per heavy atom. The molecule has 3 aromatic rings. The van der Waals surface area contributed by atoms with Crippen molar-refractivity contribution in [1.82, 2.24) is 24.6 Å². The van der Waals surface area contributed by atoms with Crippen molar-refractivity contribution in [3.63, 3.8) is 0 Å². The van der Waals surface area contributed by atoms with Gasteiger partial charge in [0.2, 0.25) is 0 Å². The summed E-state index contributed by atoms with van der Waals surface area (Å²) < 4.78 is 7.18. The Kier molecular flexibility index (Phi) is 6.27. The second-order valence-corrected chi connectivity index (χ2v) is 7.65. The number of aldehydes is 1. The number of carbonyl (C=O) groups excluding carboxylic acids is 1. The Balaban J connectivity index is 1.50. The van der Waals surface area contributed by atoms with E-state index < -0.39 is 0 Å². The van der Waals surface area contributed by atoms with E-state index in [0.717, 1.165) is 60.7 Å². The molecule has 0 spiro atoms. The number of para-hydroxylation sites is 1. The fourth-order valence-corrected chi connectivity index (χ4v) is 4.09. The van der Waals surface area contributed by atoms with Gasteiger partial charge in [0.05, 0.1) is 12.3 Å². The molecule has 8 nitrogen and oxygen atoms in total. The van der Waals surface area contributed by atoms with Crippen molar-refractivity contribution >= 4 is 12.0 Å². The van der Waals surface area contributed by atoms with Gasteiger partial charge in [-0.25, -0.2) is 14.6 Å². The first-order valence-corrected chi connectivity index (χ1v) is 10.6. The van der Waals surface area contributed by atoms with E-state index in [1.807, 2.05) is 43.7 Å². The maximum Gasteiger partial charge on any atom is 0.316 e. The van der Waals surface area contributed by atoms with E-state index in [0.29, 0.717) is 12.6 Å². The number of carbonyl (C=O) groups is 1. The van der Waals surface area contributed by atoms with Gasteiger partial charge in [-0.2, -0.15) is 5.10 Å². The summed E-state index contributed by atoms with van der Waals surface area (Å²) in [4.78, 5) is 25.1. The van der Waals surface area contributed by atoms with Crippen LogP contribution in [0.25, 0.3) is 11.1 Å². The molecule has 3 heterocycles. The molecule has 31 heavy (non-hydrogen) atoms. The van der Waals surface area contributed by atoms with E-state index in [-0.39, 0.29) is 6.17 Å². The second kappa shape index (κ2) is 9.26. The molecule has 4 rings (SSSR count). The molecule has 0 bridgehead atoms. The molecule has 1 fully saturated rings. The predicted octanol–water partition coefficient (Wildman–Crippen LogP) is 2.88. The van der Waals surface area contributed by atoms with Crippen LogP contribution >= 0.6 is 0 Å². The molecule has 0 radical (unpaired) electrons. The Hall–Kier alpha value is -3.26. The number of hydrogen-bond acceptors (Lipinski definition) is 7. The summed E-state index contributed by atoms with van der Waals surface area (Å²) >= 11 is 0. The van der Waals surface area contributed by atoms with Crippen LogP contribution in [0.5, 0.6) is 6.01 Å². The van der Waals surface area contributed by atoms with Crippen LogP contribution in [0.15, 0.2) is 42.7 Å². The number of anilines is 1. The van der Waals surface area contributed by atoms with Gasteiger partial charge in [0, 0.05) is 61.1 Å². The van der Waals surface area contributed by atoms with E-state index in [2.05, 4.69) is 37.0 Å². The molecule has 1 unspecified atom stereocenters. The predicted molar refractivity (Wildman–Crippen MR) is 119 cm³/mol. The molecule has 1 saturated heterocycles. The van der Waals surface area contributed by atoms with Crippen LogP contribution in [-0.2, 0) is 4.79 Å². The molecule has 162 valence electrons. The third-order valence-corrected chi connectivity index (χ3v) is 5.56. The average Bonchev–Trinajstić information content (AvgIpc) is 3.13. The van der Waals surface area contributed by atoms with Crippen LogP contribution in [0.1, 0.15) is 24.5 Å². The highest BCUT2D eigenvalue weighted by Gasteiger charge is 2.27. The summed E-state index contributed by atoms with van der Waals surface area (Å²) in [5, 5.41) is 4.51. The quantitative estimate of drug-likeness (QED) is 0.544. The number of aryl methyl sites for hydroxylation is 2. The maximum atomic E-state index is 11.9. The lowest BCUT2D eigenvalue weighted by Gasteiger charge is -2.39. The van der Waals surface area contributed by atoms with Gasteiger partial charge < -0.3 is 9.64 Å². The van der Waals surface area contributed by atoms with Gasteiger partial charge in [0.25, 0.3) is 0 Å². The van der Waals surface area contributed by atoms with Crippen molar-refractivity contribution in [2.45, 2.75) is 26.9 Å². The first kappa shape index (κ1) is 21.0. The third-order valence-electron chi connectivity index (χ3n) is 5.56. The molecule has 0 saturated carbocycles. The normalized spacial score (nSPS) is 15.6. The minimum absolute atomic E-state index is 0.370. The molecule has 1 atom stereocenters. The zero-order valence-electron chi connectivity index (χ0n) is 18.2. The van der Waals surface area contributed by atoms with Crippen molar-refractivity contribution in [2.75, 3.05) is 37.7 Å². The molecule has 1 aliphatic heterocycles. The third kappa shape index (κ3) is 4.44. The van der Waals surface area contributed by atoms with E-state index >= 15 is 0 Å². The number of nitrogens with zero attached hydrogens (tertiary/aromatic N) is 6. The molecule has 0 aliphatic carbocycles. The molecule has 1 aromatic carbocycles. The summed E-state index contributed by atoms with van der Waals surface area (Å²) in [7, 11) is 0. The summed E-state index contributed by atoms with van der Waals surface area (Å²) in [5.74, 6) is 0. The number of aromatic nitrogens is 4. The van der Waals surface area contributed by atoms with Gasteiger partial charge in [-0.1, -0.05) is 18.2 Å². The molecule has 8 heteroatoms. The fourth-order valence-electron chi connectivity index (χ4n) is 4.09. The lowest BCUT2D eigenvalue weighted by Crippen LogP contribution is -2.49. The summed E-state index contributed by atoms with van der Waals surface area (Å²) in [6, 6.07) is 10.7. The number of benzene rings is 1. The molecular formula is C23H28N6O2. The maximum absolute atomic E-state index is 11.9. The Morgan fingerprint density at radius 2 is 1.81 bits per heavy atom. The van der Waals surface area contributed by atoms with Gasteiger partial charge in [0.15, 0.2) is 12.5 Å². The SMILES string of the molecule is CCOc1ncc(-c2ccccc2N2CCN(C(C=O)n3nc(C)cc3C)CC2)cn1. The molecule has 1 aliphatic rings. The van der Waals surface area contributed by atoms with Crippen molar-refractivity contribution in [3.8, 4) is 17.1 Å². The first-order valence-electron chi connectivity index (χ1n) is 10.6. The molecular weight excluding hydrogens is 392 g/mol. The van der Waals surface area contributed by atoms with Crippen LogP contribution in [-0.4, -0.2) is 63.7 Å². The standard InChI is InChI=1S/C23H28N6O2/c1-4-31-23-24-14-19(15-25-23)20-7-5-6-8-21(20)27-9-11-28(12-10-27)22(16-30)29-18(3)13-17(2)26-29/h5-8,13-16,22H,4,9-12H2,1-3H3. The van der Waals surface area contributed by atoms with Crippen molar-refractivity contribution < 1.29 is 9.53 Å². The van der Waals surface area contributed by atoms with Gasteiger partial charge in [-0.15, -0.1) is 0 Å². The Bertz CT molecular complexity index is 1020. The van der Waals surface area contributed by atoms with E-state index in [4.69, 9.17) is 4.74 Å². The molecule has 0 N–H and O–H groups in total. The molecule has 0 amide bonds. The summed E-state index contributed by atoms with van der Waals surface area (Å²) in [6.07, 6.45) is 4.22. The highest BCUT2D eigenvalue weighted by atomic mass is 16.5. The zero-order valence-corrected chi connectivity index (χ0v) is 18.2. The number of ether oxygens (including phenoxy) is 1. The van der Waals surface area contributed by atoms with Crippen LogP contribution < -0.4 is 9.64 Å². The van der Waals surface area contributed by atoms with Gasteiger partial charge >= 0.3 is 6.01 Å². The summed E-state index contributed by atoms with van der Waals surface area (Å²) in [6.45, 7) is 9.57. The van der Waals surface area contributed by atoms with Crippen LogP contribution in [0.3, 0.4) is 0 Å². The van der Waals surface area contributed by atoms with Crippen molar-refractivity contribution in [3.05, 3.63) is 54.1 Å². The number of hydrogen-bond donors (Lipinski definition) is 0. The van der Waals surface area contributed by atoms with E-state index in [9.17, 15) is 4.79 Å². The van der Waals surface area contributed by atoms with Crippen LogP contribution in [0.4, 0.5) is 5.69 Å². The van der Waals surface area contributed by atoms with Crippen molar-refractivity contribution in [1.29, 1.82) is 0 Å². The topological polar surface area (TPSA) is 76.4 Å². The Labute approximate surface area is 182 Å². The second-order valence-electron chi connectivity index (χ2n) is 7.65. The minimum Gasteiger partial charge on any atom is -0.464 e. The van der Waals surface area contributed by atoms with Gasteiger partial charge in [0.1, 0.15) is 0 Å². The highest BCUT2D eigenvalue weighted by Crippen LogP contribution is 2.31. The average molecular weight is 421 g/mol. The van der Waals surface area contributed by atoms with Gasteiger partial charge in [-0.05, 0) is 32.9 Å². The largest absolute Gasteiger partial charge is 0.464 e. The number of rotatable bonds is 7. The van der Waals surface area contributed by atoms with Crippen LogP contribution in [0.2, 0.25) is 0 Å². The van der Waals surface area contributed by atoms with Crippen LogP contribution in [0, 0.1) is 13.8 Å². The van der Waals surface area contributed by atoms with Gasteiger partial charge in [-0.3, -0.25) is 9.69 Å². The summed E-state index contributed by atoms with van der Waals surface area (Å²) in [5.41, 5.74) is 5.11. The van der Waals surface area contributed by atoms with E-state index in [1.54, 1.807) is 12.4 Å². The first-order chi connectivity index (χ1) is 15.1. The fraction of sp³-hybridized carbons (Fsp3) is 0.391. The van der Waals surface area contributed by atoms with Crippen molar-refractivity contribution in [2.24, 2.45) is 0 Å². The minimum atomic E-state index is -0.370. The Morgan fingerprint density at radius 3 is 2.42 bits per heavy atom. The zero-order chi connectivity index (χ0) is 21.8. The smallest absolute Gasteiger partial charge is 0.316 e. The lowest BCUT2D eigenvalue weighted by atomic mass is 10.1. The molecule has 2 aromatic heterocycles. The van der Waals surface area contributed by atoms with E-state index in [1.165, 1.54) is 0 Å². The lowest BCUT2D eigenvalue weighted by molar-refractivity contribution is -0.116. The monoisotopic (exact) mass is 420 g/mol. The number of piperazine rings is 1.